The minimum atomic E-state index is -0.840. The van der Waals surface area contributed by atoms with Gasteiger partial charge in [-0.3, -0.25) is 9.59 Å². The second-order valence-corrected chi connectivity index (χ2v) is 9.98. The Kier molecular flexibility index (Phi) is 6.46. The zero-order valence-electron chi connectivity index (χ0n) is 20.6. The van der Waals surface area contributed by atoms with Crippen LogP contribution in [-0.2, 0) is 31.2 Å². The summed E-state index contributed by atoms with van der Waals surface area (Å²) in [6.07, 6.45) is 4.44. The molecule has 0 fully saturated rings. The Labute approximate surface area is 214 Å². The van der Waals surface area contributed by atoms with E-state index >= 15 is 0 Å². The topological polar surface area (TPSA) is 64.2 Å². The summed E-state index contributed by atoms with van der Waals surface area (Å²) in [6.45, 7) is 2.64. The Morgan fingerprint density at radius 3 is 2.39 bits per heavy atom. The molecule has 2 heterocycles. The van der Waals surface area contributed by atoms with Gasteiger partial charge in [-0.1, -0.05) is 48.5 Å². The molecular formula is C30H28N2O3S. The normalized spacial score (nSPS) is 11.4. The van der Waals surface area contributed by atoms with Crippen LogP contribution in [0.2, 0.25) is 0 Å². The molecule has 0 aliphatic rings. The van der Waals surface area contributed by atoms with Crippen molar-refractivity contribution in [1.82, 2.24) is 9.13 Å². The fourth-order valence-corrected chi connectivity index (χ4v) is 6.06. The van der Waals surface area contributed by atoms with Crippen LogP contribution in [0.1, 0.15) is 27.8 Å². The second kappa shape index (κ2) is 9.70. The van der Waals surface area contributed by atoms with Gasteiger partial charge in [0.05, 0.1) is 11.9 Å². The standard InChI is InChI=1S/C30H28N2O3S/c1-19-23(15-20-9-5-4-6-10-20)24(17-27(34)35)30(36-3)29-28(19)22-11-7-8-12-25(22)32(29)18-21-13-14-31(2)26(33)16-21/h4-14,16H,15,17-18H2,1-3H3,(H,34,35). The smallest absolute Gasteiger partial charge is 0.307 e. The first kappa shape index (κ1) is 23.9. The Morgan fingerprint density at radius 2 is 1.69 bits per heavy atom. The highest BCUT2D eigenvalue weighted by Crippen LogP contribution is 2.42. The van der Waals surface area contributed by atoms with Gasteiger partial charge in [-0.05, 0) is 59.6 Å². The number of carbonyl (C=O) groups is 1. The van der Waals surface area contributed by atoms with Gasteiger partial charge in [0.25, 0.3) is 5.56 Å². The molecule has 5 rings (SSSR count). The van der Waals surface area contributed by atoms with Gasteiger partial charge in [0, 0.05) is 47.0 Å². The molecule has 2 aromatic heterocycles. The summed E-state index contributed by atoms with van der Waals surface area (Å²) in [6, 6.07) is 22.2. The molecule has 0 aliphatic heterocycles. The van der Waals surface area contributed by atoms with Gasteiger partial charge in [0.2, 0.25) is 0 Å². The predicted molar refractivity (Wildman–Crippen MR) is 147 cm³/mol. The fourth-order valence-electron chi connectivity index (χ4n) is 5.21. The summed E-state index contributed by atoms with van der Waals surface area (Å²) >= 11 is 1.60. The number of aromatic nitrogens is 2. The maximum Gasteiger partial charge on any atom is 0.307 e. The fraction of sp³-hybridized carbons (Fsp3) is 0.200. The summed E-state index contributed by atoms with van der Waals surface area (Å²) in [7, 11) is 1.74. The van der Waals surface area contributed by atoms with Crippen LogP contribution in [0.5, 0.6) is 0 Å². The number of carboxylic acids is 1. The number of pyridine rings is 1. The third kappa shape index (κ3) is 4.22. The first-order valence-corrected chi connectivity index (χ1v) is 13.1. The largest absolute Gasteiger partial charge is 0.481 e. The Hall–Kier alpha value is -3.77. The van der Waals surface area contributed by atoms with Crippen LogP contribution in [0.4, 0.5) is 0 Å². The Balaban J connectivity index is 1.85. The molecular weight excluding hydrogens is 468 g/mol. The average molecular weight is 497 g/mol. The van der Waals surface area contributed by atoms with E-state index in [1.54, 1.807) is 35.6 Å². The molecule has 0 unspecified atom stereocenters. The van der Waals surface area contributed by atoms with E-state index in [1.165, 1.54) is 0 Å². The van der Waals surface area contributed by atoms with Gasteiger partial charge >= 0.3 is 5.97 Å². The van der Waals surface area contributed by atoms with Gasteiger partial charge < -0.3 is 14.2 Å². The molecule has 1 N–H and O–H groups in total. The molecule has 0 spiro atoms. The third-order valence-corrected chi connectivity index (χ3v) is 7.77. The lowest BCUT2D eigenvalue weighted by Crippen LogP contribution is -2.16. The molecule has 5 nitrogen and oxygen atoms in total. The van der Waals surface area contributed by atoms with E-state index in [2.05, 4.69) is 35.8 Å². The van der Waals surface area contributed by atoms with Crippen LogP contribution >= 0.6 is 11.8 Å². The molecule has 0 saturated heterocycles. The van der Waals surface area contributed by atoms with Crippen molar-refractivity contribution in [1.29, 1.82) is 0 Å². The van der Waals surface area contributed by atoms with Gasteiger partial charge in [-0.2, -0.15) is 0 Å². The molecule has 0 radical (unpaired) electrons. The minimum absolute atomic E-state index is 0.0392. The maximum absolute atomic E-state index is 12.4. The van der Waals surface area contributed by atoms with E-state index in [9.17, 15) is 14.7 Å². The molecule has 0 saturated carbocycles. The van der Waals surface area contributed by atoms with Crippen molar-refractivity contribution < 1.29 is 9.90 Å². The van der Waals surface area contributed by atoms with E-state index in [-0.39, 0.29) is 12.0 Å². The lowest BCUT2D eigenvalue weighted by molar-refractivity contribution is -0.136. The highest BCUT2D eigenvalue weighted by atomic mass is 32.2. The van der Waals surface area contributed by atoms with Crippen molar-refractivity contribution in [3.8, 4) is 0 Å². The van der Waals surface area contributed by atoms with E-state index in [4.69, 9.17) is 0 Å². The van der Waals surface area contributed by atoms with Gasteiger partial charge in [0.15, 0.2) is 0 Å². The van der Waals surface area contributed by atoms with Crippen LogP contribution < -0.4 is 5.56 Å². The number of benzene rings is 3. The summed E-state index contributed by atoms with van der Waals surface area (Å²) in [4.78, 5) is 25.4. The van der Waals surface area contributed by atoms with Crippen LogP contribution in [0.25, 0.3) is 21.8 Å². The SMILES string of the molecule is CSc1c(CC(=O)O)c(Cc2ccccc2)c(C)c2c3ccccc3n(Cc3ccn(C)c(=O)c3)c12. The summed E-state index contributed by atoms with van der Waals surface area (Å²) in [5, 5.41) is 12.2. The predicted octanol–water partition coefficient (Wildman–Crippen LogP) is 5.79. The van der Waals surface area contributed by atoms with Crippen molar-refractivity contribution in [3.63, 3.8) is 0 Å². The number of thioether (sulfide) groups is 1. The quantitative estimate of drug-likeness (QED) is 0.290. The Bertz CT molecular complexity index is 1670. The van der Waals surface area contributed by atoms with Gasteiger partial charge in [0.1, 0.15) is 0 Å². The maximum atomic E-state index is 12.4. The van der Waals surface area contributed by atoms with Crippen molar-refractivity contribution in [2.75, 3.05) is 6.26 Å². The Morgan fingerprint density at radius 1 is 0.972 bits per heavy atom. The van der Waals surface area contributed by atoms with E-state index in [0.717, 1.165) is 54.5 Å². The molecule has 5 aromatic rings. The summed E-state index contributed by atoms with van der Waals surface area (Å²) in [5.74, 6) is -0.840. The average Bonchev–Trinajstić information content (AvgIpc) is 3.18. The van der Waals surface area contributed by atoms with Gasteiger partial charge in [-0.25, -0.2) is 0 Å². The first-order chi connectivity index (χ1) is 17.4. The second-order valence-electron chi connectivity index (χ2n) is 9.16. The molecule has 0 aliphatic carbocycles. The van der Waals surface area contributed by atoms with Crippen molar-refractivity contribution in [2.24, 2.45) is 7.05 Å². The number of carboxylic acid groups (broad SMARTS) is 1. The number of hydrogen-bond donors (Lipinski definition) is 1. The molecule has 182 valence electrons. The van der Waals surface area contributed by atoms with E-state index in [0.29, 0.717) is 13.0 Å². The van der Waals surface area contributed by atoms with Crippen molar-refractivity contribution in [2.45, 2.75) is 31.2 Å². The number of para-hydroxylation sites is 1. The number of rotatable bonds is 7. The summed E-state index contributed by atoms with van der Waals surface area (Å²) in [5.41, 5.74) is 7.20. The molecule has 36 heavy (non-hydrogen) atoms. The number of fused-ring (bicyclic) bond motifs is 3. The third-order valence-electron chi connectivity index (χ3n) is 6.92. The zero-order valence-corrected chi connectivity index (χ0v) is 21.4. The molecule has 6 heteroatoms. The van der Waals surface area contributed by atoms with Gasteiger partial charge in [-0.15, -0.1) is 11.8 Å². The number of aliphatic carboxylic acids is 1. The van der Waals surface area contributed by atoms with E-state index in [1.807, 2.05) is 42.7 Å². The number of nitrogens with zero attached hydrogens (tertiary/aromatic N) is 2. The van der Waals surface area contributed by atoms with Crippen LogP contribution in [0.3, 0.4) is 0 Å². The minimum Gasteiger partial charge on any atom is -0.481 e. The molecule has 0 bridgehead atoms. The molecule has 0 amide bonds. The van der Waals surface area contributed by atoms with Crippen LogP contribution in [0.15, 0.2) is 82.6 Å². The monoisotopic (exact) mass is 496 g/mol. The van der Waals surface area contributed by atoms with E-state index < -0.39 is 5.97 Å². The highest BCUT2D eigenvalue weighted by molar-refractivity contribution is 7.98. The lowest BCUT2D eigenvalue weighted by atomic mass is 9.90. The highest BCUT2D eigenvalue weighted by Gasteiger charge is 2.24. The zero-order chi connectivity index (χ0) is 25.4. The number of aryl methyl sites for hydroxylation is 2. The van der Waals surface area contributed by atoms with Crippen molar-refractivity contribution >= 4 is 39.5 Å². The number of hydrogen-bond acceptors (Lipinski definition) is 3. The van der Waals surface area contributed by atoms with Crippen LogP contribution in [-0.4, -0.2) is 26.5 Å². The summed E-state index contributed by atoms with van der Waals surface area (Å²) < 4.78 is 3.81. The van der Waals surface area contributed by atoms with Crippen molar-refractivity contribution in [3.05, 3.63) is 111 Å². The first-order valence-electron chi connectivity index (χ1n) is 11.9. The molecule has 3 aromatic carbocycles. The lowest BCUT2D eigenvalue weighted by Gasteiger charge is -2.20. The van der Waals surface area contributed by atoms with Crippen LogP contribution in [0, 0.1) is 6.92 Å². The molecule has 0 atom stereocenters.